The van der Waals surface area contributed by atoms with E-state index < -0.39 is 5.97 Å². The first-order valence-electron chi connectivity index (χ1n) is 11.6. The zero-order chi connectivity index (χ0) is 25.3. The summed E-state index contributed by atoms with van der Waals surface area (Å²) in [5.41, 5.74) is 2.41. The van der Waals surface area contributed by atoms with Crippen LogP contribution in [0.25, 0.3) is 16.8 Å². The normalized spacial score (nSPS) is 11.2. The summed E-state index contributed by atoms with van der Waals surface area (Å²) >= 11 is 0. The van der Waals surface area contributed by atoms with Gasteiger partial charge in [-0.25, -0.2) is 4.79 Å². The van der Waals surface area contributed by atoms with Crippen molar-refractivity contribution in [3.8, 4) is 11.5 Å². The number of methoxy groups -OCH3 is 1. The van der Waals surface area contributed by atoms with Crippen LogP contribution in [-0.2, 0) is 11.2 Å². The fraction of sp³-hybridized carbons (Fsp3) is 0.133. The molecule has 4 rings (SSSR count). The van der Waals surface area contributed by atoms with Crippen LogP contribution in [-0.4, -0.2) is 37.2 Å². The summed E-state index contributed by atoms with van der Waals surface area (Å²) in [6.07, 6.45) is 2.39. The lowest BCUT2D eigenvalue weighted by Gasteiger charge is -2.13. The third kappa shape index (κ3) is 6.30. The molecule has 182 valence electrons. The number of ether oxygens (including phenoxy) is 2. The van der Waals surface area contributed by atoms with Gasteiger partial charge < -0.3 is 19.9 Å². The summed E-state index contributed by atoms with van der Waals surface area (Å²) < 4.78 is 11.3. The molecule has 0 saturated carbocycles. The van der Waals surface area contributed by atoms with Gasteiger partial charge in [0.15, 0.2) is 0 Å². The third-order valence-corrected chi connectivity index (χ3v) is 5.78. The molecule has 4 aromatic rings. The number of amides is 1. The van der Waals surface area contributed by atoms with Crippen LogP contribution in [0.3, 0.4) is 0 Å². The number of carboxylic acids is 1. The molecule has 1 amide bonds. The number of hydrogen-bond acceptors (Lipinski definition) is 4. The molecule has 6 heteroatoms. The second kappa shape index (κ2) is 11.7. The maximum Gasteiger partial charge on any atom is 0.335 e. The molecule has 0 saturated heterocycles. The number of nitrogens with one attached hydrogen (secondary N) is 1. The van der Waals surface area contributed by atoms with E-state index in [-0.39, 0.29) is 18.1 Å². The Kier molecular flexibility index (Phi) is 7.98. The SMILES string of the molecule is COc1ccc(CCNC(=O)C(=Cc2ccc(C(=O)O)cc2)COc2cccc3ccccc23)cc1. The quantitative estimate of drug-likeness (QED) is 0.298. The molecule has 0 aliphatic heterocycles. The summed E-state index contributed by atoms with van der Waals surface area (Å²) in [6.45, 7) is 0.512. The van der Waals surface area contributed by atoms with Crippen molar-refractivity contribution in [1.82, 2.24) is 5.32 Å². The van der Waals surface area contributed by atoms with Gasteiger partial charge in [0, 0.05) is 11.9 Å². The average molecular weight is 482 g/mol. The van der Waals surface area contributed by atoms with Gasteiger partial charge in [-0.15, -0.1) is 0 Å². The van der Waals surface area contributed by atoms with E-state index in [2.05, 4.69) is 5.32 Å². The lowest BCUT2D eigenvalue weighted by atomic mass is 10.1. The second-order valence-electron chi connectivity index (χ2n) is 8.22. The van der Waals surface area contributed by atoms with Crippen LogP contribution in [0.2, 0.25) is 0 Å². The van der Waals surface area contributed by atoms with Gasteiger partial charge in [-0.05, 0) is 59.3 Å². The van der Waals surface area contributed by atoms with Gasteiger partial charge >= 0.3 is 5.97 Å². The lowest BCUT2D eigenvalue weighted by Crippen LogP contribution is -2.29. The first-order valence-corrected chi connectivity index (χ1v) is 11.6. The predicted molar refractivity (Wildman–Crippen MR) is 141 cm³/mol. The highest BCUT2D eigenvalue weighted by molar-refractivity contribution is 5.98. The zero-order valence-corrected chi connectivity index (χ0v) is 19.9. The molecular weight excluding hydrogens is 454 g/mol. The molecular formula is C30H27NO5. The molecule has 6 nitrogen and oxygen atoms in total. The molecule has 0 bridgehead atoms. The fourth-order valence-corrected chi connectivity index (χ4v) is 3.80. The van der Waals surface area contributed by atoms with E-state index in [0.29, 0.717) is 29.9 Å². The van der Waals surface area contributed by atoms with Crippen LogP contribution in [0.5, 0.6) is 11.5 Å². The Bertz CT molecular complexity index is 1370. The van der Waals surface area contributed by atoms with Crippen LogP contribution >= 0.6 is 0 Å². The Hall–Kier alpha value is -4.58. The number of fused-ring (bicyclic) bond motifs is 1. The molecule has 36 heavy (non-hydrogen) atoms. The molecule has 0 fully saturated rings. The van der Waals surface area contributed by atoms with E-state index in [1.807, 2.05) is 66.7 Å². The minimum atomic E-state index is -0.999. The van der Waals surface area contributed by atoms with Crippen molar-refractivity contribution in [2.45, 2.75) is 6.42 Å². The van der Waals surface area contributed by atoms with E-state index in [9.17, 15) is 9.59 Å². The van der Waals surface area contributed by atoms with Gasteiger partial charge in [0.2, 0.25) is 0 Å². The molecule has 0 aliphatic carbocycles. The largest absolute Gasteiger partial charge is 0.497 e. The first kappa shape index (κ1) is 24.5. The highest BCUT2D eigenvalue weighted by Crippen LogP contribution is 2.25. The summed E-state index contributed by atoms with van der Waals surface area (Å²) in [4.78, 5) is 24.3. The summed E-state index contributed by atoms with van der Waals surface area (Å²) in [5, 5.41) is 14.1. The van der Waals surface area contributed by atoms with Crippen LogP contribution in [0.15, 0.2) is 96.6 Å². The van der Waals surface area contributed by atoms with E-state index >= 15 is 0 Å². The van der Waals surface area contributed by atoms with Crippen LogP contribution in [0, 0.1) is 0 Å². The lowest BCUT2D eigenvalue weighted by molar-refractivity contribution is -0.117. The second-order valence-corrected chi connectivity index (χ2v) is 8.22. The topological polar surface area (TPSA) is 84.9 Å². The Morgan fingerprint density at radius 2 is 1.61 bits per heavy atom. The maximum absolute atomic E-state index is 13.1. The van der Waals surface area contributed by atoms with Crippen LogP contribution < -0.4 is 14.8 Å². The molecule has 0 atom stereocenters. The number of carboxylic acid groups (broad SMARTS) is 1. The maximum atomic E-state index is 13.1. The minimum absolute atomic E-state index is 0.0586. The average Bonchev–Trinajstić information content (AvgIpc) is 2.91. The van der Waals surface area contributed by atoms with Crippen molar-refractivity contribution in [3.63, 3.8) is 0 Å². The standard InChI is InChI=1S/C30H27NO5/c1-35-26-15-11-21(12-16-26)17-18-31-29(32)25(19-22-9-13-24(14-10-22)30(33)34)20-36-28-8-4-6-23-5-2-3-7-27(23)28/h2-16,19H,17-18,20H2,1H3,(H,31,32)(H,33,34). The van der Waals surface area contributed by atoms with E-state index in [1.54, 1.807) is 25.3 Å². The smallest absolute Gasteiger partial charge is 0.335 e. The fourth-order valence-electron chi connectivity index (χ4n) is 3.80. The molecule has 0 aromatic heterocycles. The van der Waals surface area contributed by atoms with Crippen molar-refractivity contribution < 1.29 is 24.2 Å². The van der Waals surface area contributed by atoms with Crippen LogP contribution in [0.4, 0.5) is 0 Å². The number of benzene rings is 4. The van der Waals surface area contributed by atoms with Crippen LogP contribution in [0.1, 0.15) is 21.5 Å². The van der Waals surface area contributed by atoms with E-state index in [1.165, 1.54) is 12.1 Å². The number of aromatic carboxylic acids is 1. The van der Waals surface area contributed by atoms with Gasteiger partial charge in [-0.3, -0.25) is 4.79 Å². The summed E-state index contributed by atoms with van der Waals surface area (Å²) in [5.74, 6) is 0.228. The molecule has 0 spiro atoms. The van der Waals surface area contributed by atoms with Crippen molar-refractivity contribution in [2.75, 3.05) is 20.3 Å². The van der Waals surface area contributed by atoms with Crippen molar-refractivity contribution in [2.24, 2.45) is 0 Å². The van der Waals surface area contributed by atoms with Crippen molar-refractivity contribution >= 4 is 28.7 Å². The summed E-state index contributed by atoms with van der Waals surface area (Å²) in [7, 11) is 1.62. The Labute approximate surface area is 209 Å². The Balaban J connectivity index is 1.50. The Morgan fingerprint density at radius 1 is 0.889 bits per heavy atom. The van der Waals surface area contributed by atoms with Crippen molar-refractivity contribution in [1.29, 1.82) is 0 Å². The molecule has 2 N–H and O–H groups in total. The highest BCUT2D eigenvalue weighted by atomic mass is 16.5. The number of carbonyl (C=O) groups excluding carboxylic acids is 1. The van der Waals surface area contributed by atoms with E-state index in [0.717, 1.165) is 22.1 Å². The number of rotatable bonds is 10. The van der Waals surface area contributed by atoms with Gasteiger partial charge in [-0.1, -0.05) is 60.7 Å². The van der Waals surface area contributed by atoms with Gasteiger partial charge in [0.1, 0.15) is 18.1 Å². The zero-order valence-electron chi connectivity index (χ0n) is 19.9. The molecule has 0 aliphatic rings. The van der Waals surface area contributed by atoms with Gasteiger partial charge in [0.25, 0.3) is 5.91 Å². The summed E-state index contributed by atoms with van der Waals surface area (Å²) in [6, 6.07) is 27.8. The van der Waals surface area contributed by atoms with E-state index in [4.69, 9.17) is 14.6 Å². The predicted octanol–water partition coefficient (Wildman–Crippen LogP) is 5.37. The van der Waals surface area contributed by atoms with Gasteiger partial charge in [-0.2, -0.15) is 0 Å². The van der Waals surface area contributed by atoms with Gasteiger partial charge in [0.05, 0.1) is 18.2 Å². The highest BCUT2D eigenvalue weighted by Gasteiger charge is 2.12. The number of carbonyl (C=O) groups is 2. The van der Waals surface area contributed by atoms with Crippen molar-refractivity contribution in [3.05, 3.63) is 113 Å². The molecule has 0 unspecified atom stereocenters. The first-order chi connectivity index (χ1) is 17.5. The Morgan fingerprint density at radius 3 is 2.33 bits per heavy atom. The minimum Gasteiger partial charge on any atom is -0.497 e. The molecule has 0 radical (unpaired) electrons. The molecule has 4 aromatic carbocycles. The third-order valence-electron chi connectivity index (χ3n) is 5.78. The monoisotopic (exact) mass is 481 g/mol. The number of hydrogen-bond donors (Lipinski definition) is 2. The molecule has 0 heterocycles.